The van der Waals surface area contributed by atoms with Gasteiger partial charge in [0.1, 0.15) is 11.4 Å². The van der Waals surface area contributed by atoms with E-state index in [0.717, 1.165) is 19.6 Å². The van der Waals surface area contributed by atoms with E-state index in [1.807, 2.05) is 6.92 Å². The molecule has 168 valence electrons. The number of hydrogen-bond donors (Lipinski definition) is 1. The summed E-state index contributed by atoms with van der Waals surface area (Å²) in [5.74, 6) is -0.783. The second-order valence-electron chi connectivity index (χ2n) is 7.78. The van der Waals surface area contributed by atoms with E-state index in [0.29, 0.717) is 29.2 Å². The predicted molar refractivity (Wildman–Crippen MR) is 119 cm³/mol. The Morgan fingerprint density at radius 1 is 1.23 bits per heavy atom. The first-order valence-corrected chi connectivity index (χ1v) is 10.9. The molecule has 2 atom stereocenters. The van der Waals surface area contributed by atoms with Gasteiger partial charge in [-0.25, -0.2) is 9.48 Å². The molecule has 0 amide bonds. The van der Waals surface area contributed by atoms with E-state index in [9.17, 15) is 9.59 Å². The molecule has 9 heteroatoms. The van der Waals surface area contributed by atoms with Crippen LogP contribution in [-0.4, -0.2) is 64.9 Å². The van der Waals surface area contributed by atoms with E-state index in [4.69, 9.17) is 26.8 Å². The lowest BCUT2D eigenvalue weighted by Crippen LogP contribution is -2.46. The van der Waals surface area contributed by atoms with Crippen molar-refractivity contribution in [3.63, 3.8) is 0 Å². The molecule has 1 aliphatic heterocycles. The summed E-state index contributed by atoms with van der Waals surface area (Å²) in [7, 11) is 0. The summed E-state index contributed by atoms with van der Waals surface area (Å²) in [6.45, 7) is 8.55. The average Bonchev–Trinajstić information content (AvgIpc) is 3.05. The van der Waals surface area contributed by atoms with Crippen molar-refractivity contribution in [2.45, 2.75) is 45.9 Å². The van der Waals surface area contributed by atoms with Gasteiger partial charge in [-0.05, 0) is 32.4 Å². The summed E-state index contributed by atoms with van der Waals surface area (Å²) in [5.41, 5.74) is 7.33. The van der Waals surface area contributed by atoms with Gasteiger partial charge < -0.3 is 15.2 Å². The highest BCUT2D eigenvalue weighted by Gasteiger charge is 2.25. The number of anilines is 1. The largest absolute Gasteiger partial charge is 0.454 e. The lowest BCUT2D eigenvalue weighted by atomic mass is 10.1. The van der Waals surface area contributed by atoms with Crippen molar-refractivity contribution >= 4 is 29.2 Å². The standard InChI is InChI=1S/C22H29ClN4O4/c1-4-18-20(22(29)30-13-19(28)16-7-5-6-8-17(16)23)21(24)27(25-18)10-9-26-11-14(2)31-15(3)12-26/h5-8,14-15H,4,9-13,24H2,1-3H3/t14-,15+. The molecule has 1 saturated heterocycles. The molecule has 8 nitrogen and oxygen atoms in total. The zero-order valence-corrected chi connectivity index (χ0v) is 18.9. The highest BCUT2D eigenvalue weighted by atomic mass is 35.5. The number of nitrogen functional groups attached to an aromatic ring is 1. The lowest BCUT2D eigenvalue weighted by Gasteiger charge is -2.35. The number of aryl methyl sites for hydroxylation is 1. The first kappa shape index (κ1) is 23.2. The minimum atomic E-state index is -0.658. The summed E-state index contributed by atoms with van der Waals surface area (Å²) < 4.78 is 12.7. The molecule has 2 heterocycles. The monoisotopic (exact) mass is 448 g/mol. The fourth-order valence-electron chi connectivity index (χ4n) is 3.84. The third-order valence-corrected chi connectivity index (χ3v) is 5.56. The third-order valence-electron chi connectivity index (χ3n) is 5.24. The van der Waals surface area contributed by atoms with E-state index in [2.05, 4.69) is 23.8 Å². The summed E-state index contributed by atoms with van der Waals surface area (Å²) >= 11 is 6.04. The van der Waals surface area contributed by atoms with Gasteiger partial charge in [-0.2, -0.15) is 5.10 Å². The quantitative estimate of drug-likeness (QED) is 0.489. The van der Waals surface area contributed by atoms with Gasteiger partial charge in [0.25, 0.3) is 0 Å². The number of nitrogens with zero attached hydrogens (tertiary/aromatic N) is 3. The molecule has 0 saturated carbocycles. The molecule has 1 aliphatic rings. The molecular weight excluding hydrogens is 420 g/mol. The SMILES string of the molecule is CCc1nn(CCN2C[C@@H](C)O[C@@H](C)C2)c(N)c1C(=O)OCC(=O)c1ccccc1Cl. The average molecular weight is 449 g/mol. The highest BCUT2D eigenvalue weighted by molar-refractivity contribution is 6.34. The molecule has 0 aliphatic carbocycles. The Bertz CT molecular complexity index is 936. The number of nitrogens with two attached hydrogens (primary N) is 1. The lowest BCUT2D eigenvalue weighted by molar-refractivity contribution is -0.0687. The van der Waals surface area contributed by atoms with Crippen LogP contribution in [0, 0.1) is 0 Å². The summed E-state index contributed by atoms with van der Waals surface area (Å²) in [4.78, 5) is 27.3. The van der Waals surface area contributed by atoms with Crippen LogP contribution in [0.5, 0.6) is 0 Å². The van der Waals surface area contributed by atoms with Crippen LogP contribution in [0.4, 0.5) is 5.82 Å². The number of carbonyl (C=O) groups excluding carboxylic acids is 2. The number of rotatable bonds is 8. The molecule has 31 heavy (non-hydrogen) atoms. The van der Waals surface area contributed by atoms with Crippen molar-refractivity contribution in [3.8, 4) is 0 Å². The minimum absolute atomic E-state index is 0.172. The number of ether oxygens (including phenoxy) is 2. The van der Waals surface area contributed by atoms with Crippen molar-refractivity contribution in [2.75, 3.05) is 32.0 Å². The Labute approximate surface area is 187 Å². The highest BCUT2D eigenvalue weighted by Crippen LogP contribution is 2.21. The summed E-state index contributed by atoms with van der Waals surface area (Å²) in [6, 6.07) is 6.64. The number of carbonyl (C=O) groups is 2. The van der Waals surface area contributed by atoms with Crippen molar-refractivity contribution in [1.29, 1.82) is 0 Å². The van der Waals surface area contributed by atoms with Gasteiger partial charge in [0, 0.05) is 25.2 Å². The van der Waals surface area contributed by atoms with Gasteiger partial charge in [-0.1, -0.05) is 30.7 Å². The maximum atomic E-state index is 12.7. The van der Waals surface area contributed by atoms with Crippen LogP contribution in [0.15, 0.2) is 24.3 Å². The number of morpholine rings is 1. The normalized spacial score (nSPS) is 19.4. The summed E-state index contributed by atoms with van der Waals surface area (Å²) in [6.07, 6.45) is 0.864. The van der Waals surface area contributed by atoms with Crippen LogP contribution in [0.1, 0.15) is 47.2 Å². The topological polar surface area (TPSA) is 99.7 Å². The number of aromatic nitrogens is 2. The second kappa shape index (κ2) is 10.3. The zero-order valence-electron chi connectivity index (χ0n) is 18.1. The molecule has 0 radical (unpaired) electrons. The Morgan fingerprint density at radius 3 is 2.55 bits per heavy atom. The number of hydrogen-bond acceptors (Lipinski definition) is 7. The van der Waals surface area contributed by atoms with Crippen LogP contribution in [-0.2, 0) is 22.4 Å². The Kier molecular flexibility index (Phi) is 7.69. The number of benzene rings is 1. The van der Waals surface area contributed by atoms with Gasteiger partial charge in [-0.3, -0.25) is 9.69 Å². The molecule has 0 unspecified atom stereocenters. The Hall–Kier alpha value is -2.42. The first-order chi connectivity index (χ1) is 14.8. The van der Waals surface area contributed by atoms with Gasteiger partial charge in [0.2, 0.25) is 5.78 Å². The minimum Gasteiger partial charge on any atom is -0.454 e. The van der Waals surface area contributed by atoms with Crippen LogP contribution in [0.25, 0.3) is 0 Å². The van der Waals surface area contributed by atoms with E-state index >= 15 is 0 Å². The van der Waals surface area contributed by atoms with Crippen molar-refractivity contribution in [1.82, 2.24) is 14.7 Å². The van der Waals surface area contributed by atoms with Crippen molar-refractivity contribution < 1.29 is 19.1 Å². The molecule has 3 rings (SSSR count). The third kappa shape index (κ3) is 5.64. The van der Waals surface area contributed by atoms with Gasteiger partial charge in [0.15, 0.2) is 6.61 Å². The van der Waals surface area contributed by atoms with Gasteiger partial charge in [-0.15, -0.1) is 0 Å². The van der Waals surface area contributed by atoms with Crippen molar-refractivity contribution in [3.05, 3.63) is 46.1 Å². The van der Waals surface area contributed by atoms with E-state index in [1.165, 1.54) is 0 Å². The molecule has 0 bridgehead atoms. The maximum Gasteiger partial charge on any atom is 0.344 e. The van der Waals surface area contributed by atoms with Crippen LogP contribution in [0.2, 0.25) is 5.02 Å². The van der Waals surface area contributed by atoms with Crippen LogP contribution in [0.3, 0.4) is 0 Å². The fourth-order valence-corrected chi connectivity index (χ4v) is 4.08. The maximum absolute atomic E-state index is 12.7. The number of halogens is 1. The van der Waals surface area contributed by atoms with Crippen molar-refractivity contribution in [2.24, 2.45) is 0 Å². The predicted octanol–water partition coefficient (Wildman–Crippen LogP) is 2.83. The van der Waals surface area contributed by atoms with Crippen LogP contribution < -0.4 is 5.73 Å². The number of ketones is 1. The van der Waals surface area contributed by atoms with E-state index in [1.54, 1.807) is 28.9 Å². The van der Waals surface area contributed by atoms with E-state index < -0.39 is 12.6 Å². The van der Waals surface area contributed by atoms with Gasteiger partial charge >= 0.3 is 5.97 Å². The van der Waals surface area contributed by atoms with Gasteiger partial charge in [0.05, 0.1) is 29.5 Å². The second-order valence-corrected chi connectivity index (χ2v) is 8.19. The molecule has 2 aromatic rings. The summed E-state index contributed by atoms with van der Waals surface area (Å²) in [5, 5.41) is 4.81. The molecule has 2 N–H and O–H groups in total. The molecular formula is C22H29ClN4O4. The smallest absolute Gasteiger partial charge is 0.344 e. The Balaban J connectivity index is 1.65. The molecule has 1 aromatic heterocycles. The number of esters is 1. The number of Topliss-reactive ketones (excluding diaryl/α,β-unsaturated/α-hetero) is 1. The zero-order chi connectivity index (χ0) is 22.5. The molecule has 0 spiro atoms. The van der Waals surface area contributed by atoms with Crippen LogP contribution >= 0.6 is 11.6 Å². The molecule has 1 fully saturated rings. The first-order valence-electron chi connectivity index (χ1n) is 10.5. The molecule has 1 aromatic carbocycles. The fraction of sp³-hybridized carbons (Fsp3) is 0.500. The van der Waals surface area contributed by atoms with E-state index in [-0.39, 0.29) is 29.4 Å². The Morgan fingerprint density at radius 2 is 1.90 bits per heavy atom.